The van der Waals surface area contributed by atoms with Gasteiger partial charge in [-0.25, -0.2) is 0 Å². The summed E-state index contributed by atoms with van der Waals surface area (Å²) < 4.78 is 1.96. The molecule has 2 aromatic carbocycles. The zero-order chi connectivity index (χ0) is 29.8. The van der Waals surface area contributed by atoms with Crippen molar-refractivity contribution in [2.24, 2.45) is 0 Å². The SMILES string of the molecule is CC1(C)C(/C(C#N)=C/C=C/C=C/C=C2\N(CCC(=O)O)c3ccccc3C2(C)C)=[N+](CCC(=O)O)c2ccccc21. The van der Waals surface area contributed by atoms with E-state index in [1.165, 1.54) is 0 Å². The number of carboxylic acids is 2. The molecule has 2 heterocycles. The van der Waals surface area contributed by atoms with Crippen LogP contribution in [0.4, 0.5) is 11.4 Å². The van der Waals surface area contributed by atoms with Crippen molar-refractivity contribution in [3.8, 4) is 6.07 Å². The van der Waals surface area contributed by atoms with Crippen molar-refractivity contribution >= 4 is 29.0 Å². The fourth-order valence-electron chi connectivity index (χ4n) is 5.93. The van der Waals surface area contributed by atoms with Crippen molar-refractivity contribution in [3.63, 3.8) is 0 Å². The number of nitrogens with zero attached hydrogens (tertiary/aromatic N) is 3. The van der Waals surface area contributed by atoms with E-state index in [-0.39, 0.29) is 24.8 Å². The number of hydrogen-bond donors (Lipinski definition) is 2. The van der Waals surface area contributed by atoms with E-state index in [1.54, 1.807) is 6.08 Å². The van der Waals surface area contributed by atoms with Crippen molar-refractivity contribution in [3.05, 3.63) is 107 Å². The average molecular weight is 551 g/mol. The fourth-order valence-corrected chi connectivity index (χ4v) is 5.93. The van der Waals surface area contributed by atoms with E-state index in [0.717, 1.165) is 33.9 Å². The van der Waals surface area contributed by atoms with Crippen LogP contribution in [0.25, 0.3) is 0 Å². The molecule has 4 rings (SSSR count). The third-order valence-corrected chi connectivity index (χ3v) is 7.85. The predicted octanol–water partition coefficient (Wildman–Crippen LogP) is 6.26. The maximum atomic E-state index is 11.4. The molecule has 0 fully saturated rings. The second-order valence-corrected chi connectivity index (χ2v) is 11.2. The zero-order valence-electron chi connectivity index (χ0n) is 24.0. The summed E-state index contributed by atoms with van der Waals surface area (Å²) in [7, 11) is 0. The molecular formula is C34H36N3O4+. The third kappa shape index (κ3) is 5.78. The van der Waals surface area contributed by atoms with Crippen molar-refractivity contribution in [2.75, 3.05) is 18.0 Å². The Bertz CT molecular complexity index is 1560. The highest BCUT2D eigenvalue weighted by atomic mass is 16.4. The first kappa shape index (κ1) is 29.3. The molecular weight excluding hydrogens is 514 g/mol. The highest BCUT2D eigenvalue weighted by molar-refractivity contribution is 6.09. The first-order valence-corrected chi connectivity index (χ1v) is 13.7. The maximum Gasteiger partial charge on any atom is 0.309 e. The van der Waals surface area contributed by atoms with Gasteiger partial charge in [-0.05, 0) is 37.6 Å². The van der Waals surface area contributed by atoms with Gasteiger partial charge in [0.25, 0.3) is 0 Å². The highest BCUT2D eigenvalue weighted by Crippen LogP contribution is 2.47. The zero-order valence-corrected chi connectivity index (χ0v) is 24.0. The molecule has 7 heteroatoms. The highest BCUT2D eigenvalue weighted by Gasteiger charge is 2.47. The van der Waals surface area contributed by atoms with Crippen LogP contribution in [0.5, 0.6) is 0 Å². The molecule has 0 saturated carbocycles. The number of para-hydroxylation sites is 2. The number of carboxylic acid groups (broad SMARTS) is 2. The Kier molecular flexibility index (Phi) is 8.44. The first-order valence-electron chi connectivity index (χ1n) is 13.7. The summed E-state index contributed by atoms with van der Waals surface area (Å²) in [4.78, 5) is 24.7. The lowest BCUT2D eigenvalue weighted by molar-refractivity contribution is -0.437. The first-order chi connectivity index (χ1) is 19.5. The normalized spacial score (nSPS) is 18.3. The number of rotatable bonds is 10. The number of anilines is 1. The number of hydrogen-bond acceptors (Lipinski definition) is 4. The molecule has 0 saturated heterocycles. The second kappa shape index (κ2) is 11.8. The molecule has 2 N–H and O–H groups in total. The number of nitriles is 1. The number of benzene rings is 2. The molecule has 0 radical (unpaired) electrons. The van der Waals surface area contributed by atoms with E-state index in [2.05, 4.69) is 44.7 Å². The standard InChI is InChI=1S/C34H35N3O4/c1-33(2)25-14-9-11-16-27(25)36(21-19-30(38)39)29(33)18-8-6-5-7-13-24(23-35)32-34(3,4)26-15-10-12-17-28(26)37(32)22-20-31(40)41/h5-18H,19-22H2,1-4H3,(H-,38,39,40,41)/p+1. The van der Waals surface area contributed by atoms with Crippen LogP contribution in [0.15, 0.2) is 96.3 Å². The summed E-state index contributed by atoms with van der Waals surface area (Å²) in [5.74, 6) is -1.72. The minimum absolute atomic E-state index is 0.0373. The molecule has 41 heavy (non-hydrogen) atoms. The van der Waals surface area contributed by atoms with Crippen LogP contribution < -0.4 is 4.90 Å². The lowest BCUT2D eigenvalue weighted by Crippen LogP contribution is -2.31. The quantitative estimate of drug-likeness (QED) is 0.206. The van der Waals surface area contributed by atoms with Gasteiger partial charge in [0.15, 0.2) is 6.54 Å². The Balaban J connectivity index is 1.61. The molecule has 2 aliphatic rings. The molecule has 2 aliphatic heterocycles. The molecule has 0 spiro atoms. The van der Waals surface area contributed by atoms with Crippen LogP contribution in [0, 0.1) is 11.3 Å². The Morgan fingerprint density at radius 1 is 0.878 bits per heavy atom. The molecule has 0 unspecified atom stereocenters. The summed E-state index contributed by atoms with van der Waals surface area (Å²) in [5.41, 5.74) is 5.72. The molecule has 7 nitrogen and oxygen atoms in total. The van der Waals surface area contributed by atoms with Crippen LogP contribution in [-0.4, -0.2) is 45.5 Å². The molecule has 0 bridgehead atoms. The molecule has 0 aliphatic carbocycles. The van der Waals surface area contributed by atoms with Gasteiger partial charge in [0.2, 0.25) is 11.4 Å². The van der Waals surface area contributed by atoms with Gasteiger partial charge in [-0.1, -0.05) is 74.5 Å². The number of carbonyl (C=O) groups is 2. The third-order valence-electron chi connectivity index (χ3n) is 7.85. The number of aliphatic carboxylic acids is 2. The Labute approximate surface area is 241 Å². The molecule has 210 valence electrons. The molecule has 0 amide bonds. The molecule has 0 aromatic heterocycles. The van der Waals surface area contributed by atoms with Gasteiger partial charge in [-0.15, -0.1) is 0 Å². The summed E-state index contributed by atoms with van der Waals surface area (Å²) in [6, 6.07) is 18.3. The smallest absolute Gasteiger partial charge is 0.309 e. The molecule has 0 atom stereocenters. The number of allylic oxidation sites excluding steroid dienone is 8. The minimum atomic E-state index is -0.886. The van der Waals surface area contributed by atoms with E-state index in [9.17, 15) is 25.1 Å². The Hall–Kier alpha value is -4.70. The average Bonchev–Trinajstić information content (AvgIpc) is 3.29. The van der Waals surface area contributed by atoms with Crippen LogP contribution in [0.1, 0.15) is 51.7 Å². The van der Waals surface area contributed by atoms with Gasteiger partial charge in [0.1, 0.15) is 18.1 Å². The van der Waals surface area contributed by atoms with Crippen molar-refractivity contribution in [1.29, 1.82) is 5.26 Å². The monoisotopic (exact) mass is 550 g/mol. The van der Waals surface area contributed by atoms with E-state index in [4.69, 9.17) is 0 Å². The largest absolute Gasteiger partial charge is 0.481 e. The van der Waals surface area contributed by atoms with Crippen molar-refractivity contribution in [1.82, 2.24) is 0 Å². The van der Waals surface area contributed by atoms with E-state index in [1.807, 2.05) is 77.4 Å². The maximum absolute atomic E-state index is 11.4. The van der Waals surface area contributed by atoms with Gasteiger partial charge in [0, 0.05) is 35.0 Å². The van der Waals surface area contributed by atoms with Gasteiger partial charge < -0.3 is 15.1 Å². The van der Waals surface area contributed by atoms with E-state index < -0.39 is 17.4 Å². The summed E-state index contributed by atoms with van der Waals surface area (Å²) in [6.07, 6.45) is 11.2. The topological polar surface area (TPSA) is 105 Å². The van der Waals surface area contributed by atoms with Gasteiger partial charge in [-0.2, -0.15) is 9.84 Å². The lowest BCUT2D eigenvalue weighted by Gasteiger charge is -2.26. The van der Waals surface area contributed by atoms with Gasteiger partial charge in [0.05, 0.1) is 11.8 Å². The number of fused-ring (bicyclic) bond motifs is 2. The van der Waals surface area contributed by atoms with E-state index >= 15 is 0 Å². The summed E-state index contributed by atoms with van der Waals surface area (Å²) in [6.45, 7) is 9.05. The van der Waals surface area contributed by atoms with Gasteiger partial charge >= 0.3 is 11.9 Å². The second-order valence-electron chi connectivity index (χ2n) is 11.2. The fraction of sp³-hybridized carbons (Fsp3) is 0.294. The molecule has 2 aromatic rings. The Morgan fingerprint density at radius 3 is 2.20 bits per heavy atom. The van der Waals surface area contributed by atoms with E-state index in [0.29, 0.717) is 12.1 Å². The minimum Gasteiger partial charge on any atom is -0.481 e. The van der Waals surface area contributed by atoms with Crippen LogP contribution in [0.2, 0.25) is 0 Å². The van der Waals surface area contributed by atoms with Crippen LogP contribution >= 0.6 is 0 Å². The van der Waals surface area contributed by atoms with Gasteiger partial charge in [-0.3, -0.25) is 9.59 Å². The lowest BCUT2D eigenvalue weighted by atomic mass is 9.79. The van der Waals surface area contributed by atoms with Crippen LogP contribution in [-0.2, 0) is 20.4 Å². The van der Waals surface area contributed by atoms with Crippen LogP contribution in [0.3, 0.4) is 0 Å². The Morgan fingerprint density at radius 2 is 1.51 bits per heavy atom. The van der Waals surface area contributed by atoms with Crippen molar-refractivity contribution < 1.29 is 24.4 Å². The predicted molar refractivity (Wildman–Crippen MR) is 161 cm³/mol. The van der Waals surface area contributed by atoms with Crippen molar-refractivity contribution in [2.45, 2.75) is 51.4 Å². The summed E-state index contributed by atoms with van der Waals surface area (Å²) in [5, 5.41) is 28.7. The summed E-state index contributed by atoms with van der Waals surface area (Å²) >= 11 is 0.